The molecule has 1 saturated heterocycles. The standard InChI is InChI=1S/C16H19N3O5/c1-9(2)24-14-8-12-11(7-13(14)19(22)23)15(20)18(16(12)21)10-3-5-17-6-4-10/h7-10,17H,3-6H2,1-2H3. The van der Waals surface area contributed by atoms with E-state index in [1.165, 1.54) is 11.0 Å². The number of fused-ring (bicyclic) bond motifs is 1. The zero-order chi connectivity index (χ0) is 17.4. The Kier molecular flexibility index (Phi) is 4.23. The fraction of sp³-hybridized carbons (Fsp3) is 0.500. The summed E-state index contributed by atoms with van der Waals surface area (Å²) in [5.41, 5.74) is -0.0307. The van der Waals surface area contributed by atoms with E-state index >= 15 is 0 Å². The largest absolute Gasteiger partial charge is 0.484 e. The van der Waals surface area contributed by atoms with Crippen molar-refractivity contribution in [2.45, 2.75) is 38.8 Å². The second-order valence-corrected chi connectivity index (χ2v) is 6.25. The van der Waals surface area contributed by atoms with Gasteiger partial charge in [-0.2, -0.15) is 0 Å². The Morgan fingerprint density at radius 3 is 2.33 bits per heavy atom. The summed E-state index contributed by atoms with van der Waals surface area (Å²) in [7, 11) is 0. The Morgan fingerprint density at radius 1 is 1.21 bits per heavy atom. The Morgan fingerprint density at radius 2 is 1.79 bits per heavy atom. The van der Waals surface area contributed by atoms with Gasteiger partial charge in [-0.25, -0.2) is 0 Å². The number of nitro groups is 1. The number of ether oxygens (including phenoxy) is 1. The lowest BCUT2D eigenvalue weighted by Crippen LogP contribution is -2.45. The van der Waals surface area contributed by atoms with Crippen LogP contribution in [0.2, 0.25) is 0 Å². The molecule has 1 N–H and O–H groups in total. The molecular formula is C16H19N3O5. The molecule has 1 aromatic carbocycles. The van der Waals surface area contributed by atoms with Gasteiger partial charge < -0.3 is 10.1 Å². The highest BCUT2D eigenvalue weighted by Gasteiger charge is 2.42. The Labute approximate surface area is 138 Å². The molecule has 8 heteroatoms. The normalized spacial score (nSPS) is 18.2. The molecule has 0 unspecified atom stereocenters. The summed E-state index contributed by atoms with van der Waals surface area (Å²) in [5, 5.41) is 14.5. The third kappa shape index (κ3) is 2.73. The molecule has 24 heavy (non-hydrogen) atoms. The predicted octanol–water partition coefficient (Wildman–Crippen LogP) is 1.73. The maximum atomic E-state index is 12.7. The molecule has 2 aliphatic heterocycles. The van der Waals surface area contributed by atoms with Gasteiger partial charge in [0.15, 0.2) is 5.75 Å². The van der Waals surface area contributed by atoms with Gasteiger partial charge >= 0.3 is 5.69 Å². The van der Waals surface area contributed by atoms with E-state index in [4.69, 9.17) is 4.74 Å². The van der Waals surface area contributed by atoms with E-state index < -0.39 is 16.7 Å². The van der Waals surface area contributed by atoms with Crippen LogP contribution in [-0.2, 0) is 0 Å². The van der Waals surface area contributed by atoms with Gasteiger partial charge in [0.05, 0.1) is 22.2 Å². The van der Waals surface area contributed by atoms with Crippen molar-refractivity contribution < 1.29 is 19.2 Å². The van der Waals surface area contributed by atoms with E-state index in [1.807, 2.05) is 0 Å². The summed E-state index contributed by atoms with van der Waals surface area (Å²) in [6.07, 6.45) is 1.08. The zero-order valence-electron chi connectivity index (χ0n) is 13.6. The maximum Gasteiger partial charge on any atom is 0.311 e. The monoisotopic (exact) mass is 333 g/mol. The molecule has 2 aliphatic rings. The molecule has 128 valence electrons. The van der Waals surface area contributed by atoms with E-state index in [0.717, 1.165) is 19.2 Å². The fourth-order valence-corrected chi connectivity index (χ4v) is 3.16. The quantitative estimate of drug-likeness (QED) is 0.511. The molecule has 2 amide bonds. The number of carbonyl (C=O) groups is 2. The first-order valence-corrected chi connectivity index (χ1v) is 7.98. The highest BCUT2D eigenvalue weighted by atomic mass is 16.6. The summed E-state index contributed by atoms with van der Waals surface area (Å²) < 4.78 is 5.46. The van der Waals surface area contributed by atoms with E-state index in [9.17, 15) is 19.7 Å². The summed E-state index contributed by atoms with van der Waals surface area (Å²) in [4.78, 5) is 37.3. The summed E-state index contributed by atoms with van der Waals surface area (Å²) in [5.74, 6) is -0.839. The summed E-state index contributed by atoms with van der Waals surface area (Å²) in [6, 6.07) is 2.32. The number of hydrogen-bond acceptors (Lipinski definition) is 6. The number of nitro benzene ring substituents is 1. The first-order valence-electron chi connectivity index (χ1n) is 7.98. The predicted molar refractivity (Wildman–Crippen MR) is 85.3 cm³/mol. The van der Waals surface area contributed by atoms with Crippen LogP contribution >= 0.6 is 0 Å². The number of nitrogens with one attached hydrogen (secondary N) is 1. The van der Waals surface area contributed by atoms with Crippen molar-refractivity contribution in [1.82, 2.24) is 10.2 Å². The maximum absolute atomic E-state index is 12.7. The molecule has 1 aromatic rings. The molecule has 0 spiro atoms. The number of piperidine rings is 1. The number of imide groups is 1. The fourth-order valence-electron chi connectivity index (χ4n) is 3.16. The molecule has 8 nitrogen and oxygen atoms in total. The van der Waals surface area contributed by atoms with Crippen molar-refractivity contribution in [1.29, 1.82) is 0 Å². The topological polar surface area (TPSA) is 102 Å². The molecule has 3 rings (SSSR count). The van der Waals surface area contributed by atoms with E-state index in [2.05, 4.69) is 5.32 Å². The van der Waals surface area contributed by atoms with Gasteiger partial charge in [0.2, 0.25) is 0 Å². The molecule has 0 bridgehead atoms. The lowest BCUT2D eigenvalue weighted by molar-refractivity contribution is -0.386. The molecule has 0 aromatic heterocycles. The number of carbonyl (C=O) groups excluding carboxylic acids is 2. The first-order chi connectivity index (χ1) is 11.4. The molecule has 0 radical (unpaired) electrons. The average Bonchev–Trinajstić information content (AvgIpc) is 2.77. The van der Waals surface area contributed by atoms with Crippen LogP contribution in [0.4, 0.5) is 5.69 Å². The first kappa shape index (κ1) is 16.4. The SMILES string of the molecule is CC(C)Oc1cc2c(cc1[N+](=O)[O-])C(=O)N(C1CCNCC1)C2=O. The minimum atomic E-state index is -0.594. The minimum Gasteiger partial charge on any atom is -0.484 e. The highest BCUT2D eigenvalue weighted by molar-refractivity contribution is 6.22. The van der Waals surface area contributed by atoms with Gasteiger partial charge in [0.25, 0.3) is 11.8 Å². The molecule has 0 atom stereocenters. The van der Waals surface area contributed by atoms with Crippen LogP contribution in [0.15, 0.2) is 12.1 Å². The second-order valence-electron chi connectivity index (χ2n) is 6.25. The van der Waals surface area contributed by atoms with Crippen LogP contribution in [0, 0.1) is 10.1 Å². The number of amides is 2. The third-order valence-corrected chi connectivity index (χ3v) is 4.23. The van der Waals surface area contributed by atoms with Crippen LogP contribution in [0.5, 0.6) is 5.75 Å². The van der Waals surface area contributed by atoms with Gasteiger partial charge in [-0.1, -0.05) is 0 Å². The van der Waals surface area contributed by atoms with Gasteiger partial charge in [0, 0.05) is 18.2 Å². The molecule has 1 fully saturated rings. The van der Waals surface area contributed by atoms with Crippen LogP contribution in [0.25, 0.3) is 0 Å². The summed E-state index contributed by atoms with van der Waals surface area (Å²) >= 11 is 0. The van der Waals surface area contributed by atoms with Crippen LogP contribution in [0.1, 0.15) is 47.4 Å². The van der Waals surface area contributed by atoms with E-state index in [-0.39, 0.29) is 34.7 Å². The number of rotatable bonds is 4. The Bertz CT molecular complexity index is 710. The smallest absolute Gasteiger partial charge is 0.311 e. The zero-order valence-corrected chi connectivity index (χ0v) is 13.6. The van der Waals surface area contributed by atoms with Crippen molar-refractivity contribution in [2.24, 2.45) is 0 Å². The highest BCUT2D eigenvalue weighted by Crippen LogP contribution is 2.36. The van der Waals surface area contributed by atoms with Crippen molar-refractivity contribution in [2.75, 3.05) is 13.1 Å². The van der Waals surface area contributed by atoms with Crippen molar-refractivity contribution >= 4 is 17.5 Å². The van der Waals surface area contributed by atoms with Crippen molar-refractivity contribution in [3.63, 3.8) is 0 Å². The Balaban J connectivity index is 2.02. The van der Waals surface area contributed by atoms with Crippen LogP contribution < -0.4 is 10.1 Å². The number of nitrogens with zero attached hydrogens (tertiary/aromatic N) is 2. The lowest BCUT2D eigenvalue weighted by Gasteiger charge is -2.29. The molecular weight excluding hydrogens is 314 g/mol. The molecule has 2 heterocycles. The third-order valence-electron chi connectivity index (χ3n) is 4.23. The second kappa shape index (κ2) is 6.20. The molecule has 0 aliphatic carbocycles. The van der Waals surface area contributed by atoms with Gasteiger partial charge in [-0.3, -0.25) is 24.6 Å². The van der Waals surface area contributed by atoms with Crippen molar-refractivity contribution in [3.8, 4) is 5.75 Å². The van der Waals surface area contributed by atoms with Gasteiger partial charge in [-0.15, -0.1) is 0 Å². The van der Waals surface area contributed by atoms with E-state index in [0.29, 0.717) is 12.8 Å². The molecule has 0 saturated carbocycles. The average molecular weight is 333 g/mol. The Hall–Kier alpha value is -2.48. The minimum absolute atomic E-state index is 0.0158. The summed E-state index contributed by atoms with van der Waals surface area (Å²) in [6.45, 7) is 4.95. The van der Waals surface area contributed by atoms with Gasteiger partial charge in [0.1, 0.15) is 0 Å². The lowest BCUT2D eigenvalue weighted by atomic mass is 10.1. The number of hydrogen-bond donors (Lipinski definition) is 1. The van der Waals surface area contributed by atoms with Crippen LogP contribution in [-0.4, -0.2) is 46.9 Å². The van der Waals surface area contributed by atoms with E-state index in [1.54, 1.807) is 13.8 Å². The number of benzene rings is 1. The van der Waals surface area contributed by atoms with Gasteiger partial charge in [-0.05, 0) is 39.8 Å². The van der Waals surface area contributed by atoms with Crippen molar-refractivity contribution in [3.05, 3.63) is 33.4 Å². The van der Waals surface area contributed by atoms with Crippen LogP contribution in [0.3, 0.4) is 0 Å².